The van der Waals surface area contributed by atoms with Crippen molar-refractivity contribution >= 4 is 16.8 Å². The fraction of sp³-hybridized carbons (Fsp3) is 0.290. The number of piperidine rings is 1. The van der Waals surface area contributed by atoms with E-state index >= 15 is 0 Å². The second kappa shape index (κ2) is 11.5. The fourth-order valence-electron chi connectivity index (χ4n) is 5.21. The first-order valence-electron chi connectivity index (χ1n) is 12.9. The number of carbonyl (C=O) groups excluding carboxylic acids is 1. The molecule has 2 heterocycles. The molecule has 0 radical (unpaired) electrons. The number of nitrogens with zero attached hydrogens (tertiary/aromatic N) is 3. The summed E-state index contributed by atoms with van der Waals surface area (Å²) in [6.07, 6.45) is 2.97. The lowest BCUT2D eigenvalue weighted by Crippen LogP contribution is -2.51. The van der Waals surface area contributed by atoms with Gasteiger partial charge in [0.25, 0.3) is 0 Å². The van der Waals surface area contributed by atoms with Crippen molar-refractivity contribution in [3.63, 3.8) is 0 Å². The summed E-state index contributed by atoms with van der Waals surface area (Å²) < 4.78 is 5.39. The monoisotopic (exact) mass is 495 g/mol. The van der Waals surface area contributed by atoms with Gasteiger partial charge in [0.05, 0.1) is 18.7 Å². The molecule has 0 bridgehead atoms. The number of aliphatic hydroxyl groups excluding tert-OH is 1. The van der Waals surface area contributed by atoms with E-state index in [1.807, 2.05) is 65.7 Å². The minimum Gasteiger partial charge on any atom is -0.497 e. The Balaban J connectivity index is 1.37. The molecule has 2 atom stereocenters. The van der Waals surface area contributed by atoms with Gasteiger partial charge in [0.1, 0.15) is 5.75 Å². The van der Waals surface area contributed by atoms with Crippen LogP contribution in [0.15, 0.2) is 91.1 Å². The number of hydrazine groups is 1. The Kier molecular flexibility index (Phi) is 7.78. The van der Waals surface area contributed by atoms with E-state index in [4.69, 9.17) is 4.74 Å². The van der Waals surface area contributed by atoms with Gasteiger partial charge in [0.2, 0.25) is 5.91 Å². The summed E-state index contributed by atoms with van der Waals surface area (Å²) in [5.41, 5.74) is 3.89. The summed E-state index contributed by atoms with van der Waals surface area (Å²) in [5.74, 6) is 0.533. The minimum atomic E-state index is -0.775. The first-order valence-corrected chi connectivity index (χ1v) is 12.9. The highest BCUT2D eigenvalue weighted by Crippen LogP contribution is 2.33. The number of ether oxygens (including phenoxy) is 1. The van der Waals surface area contributed by atoms with Gasteiger partial charge < -0.3 is 9.84 Å². The number of hydrogen-bond acceptors (Lipinski definition) is 5. The van der Waals surface area contributed by atoms with Crippen molar-refractivity contribution in [3.05, 3.63) is 108 Å². The molecule has 1 unspecified atom stereocenters. The molecule has 1 N–H and O–H groups in total. The van der Waals surface area contributed by atoms with Crippen molar-refractivity contribution in [2.24, 2.45) is 5.92 Å². The second-order valence-electron chi connectivity index (χ2n) is 9.63. The molecular weight excluding hydrogens is 462 g/mol. The van der Waals surface area contributed by atoms with Gasteiger partial charge in [0, 0.05) is 37.1 Å². The van der Waals surface area contributed by atoms with E-state index in [1.165, 1.54) is 0 Å². The molecule has 190 valence electrons. The van der Waals surface area contributed by atoms with E-state index in [0.717, 1.165) is 40.4 Å². The Hall–Kier alpha value is -3.74. The van der Waals surface area contributed by atoms with Crippen LogP contribution < -0.4 is 4.74 Å². The van der Waals surface area contributed by atoms with Crippen molar-refractivity contribution in [3.8, 4) is 5.75 Å². The average Bonchev–Trinajstić information content (AvgIpc) is 2.94. The van der Waals surface area contributed by atoms with Crippen LogP contribution in [-0.4, -0.2) is 39.7 Å². The molecule has 6 nitrogen and oxygen atoms in total. The Bertz CT molecular complexity index is 1290. The number of methoxy groups -OCH3 is 1. The molecule has 1 amide bonds. The Morgan fingerprint density at radius 1 is 1.00 bits per heavy atom. The van der Waals surface area contributed by atoms with Crippen LogP contribution in [0.4, 0.5) is 0 Å². The number of amides is 1. The zero-order valence-electron chi connectivity index (χ0n) is 21.2. The summed E-state index contributed by atoms with van der Waals surface area (Å²) >= 11 is 0. The summed E-state index contributed by atoms with van der Waals surface area (Å²) in [4.78, 5) is 18.2. The van der Waals surface area contributed by atoms with Gasteiger partial charge in [0.15, 0.2) is 0 Å². The number of carbonyl (C=O) groups is 1. The van der Waals surface area contributed by atoms with Crippen LogP contribution in [0.1, 0.15) is 42.1 Å². The lowest BCUT2D eigenvalue weighted by Gasteiger charge is -2.41. The van der Waals surface area contributed by atoms with Crippen LogP contribution >= 0.6 is 0 Å². The van der Waals surface area contributed by atoms with Crippen molar-refractivity contribution in [2.75, 3.05) is 13.7 Å². The van der Waals surface area contributed by atoms with Crippen molar-refractivity contribution in [1.82, 2.24) is 15.0 Å². The molecule has 0 spiro atoms. The van der Waals surface area contributed by atoms with Gasteiger partial charge in [-0.3, -0.25) is 14.8 Å². The second-order valence-corrected chi connectivity index (χ2v) is 9.63. The normalized spacial score (nSPS) is 16.8. The number of aromatic nitrogens is 1. The van der Waals surface area contributed by atoms with Gasteiger partial charge >= 0.3 is 0 Å². The third-order valence-corrected chi connectivity index (χ3v) is 7.13. The van der Waals surface area contributed by atoms with Crippen LogP contribution in [-0.2, 0) is 17.9 Å². The van der Waals surface area contributed by atoms with Crippen LogP contribution in [0.2, 0.25) is 0 Å². The summed E-state index contributed by atoms with van der Waals surface area (Å²) in [6, 6.07) is 28.0. The van der Waals surface area contributed by atoms with Gasteiger partial charge in [-0.2, -0.15) is 0 Å². The third kappa shape index (κ3) is 5.82. The number of fused-ring (bicyclic) bond motifs is 1. The predicted octanol–water partition coefficient (Wildman–Crippen LogP) is 5.52. The first kappa shape index (κ1) is 24.9. The van der Waals surface area contributed by atoms with Gasteiger partial charge in [-0.05, 0) is 60.2 Å². The van der Waals surface area contributed by atoms with Crippen molar-refractivity contribution in [2.45, 2.75) is 38.5 Å². The number of pyridine rings is 1. The third-order valence-electron chi connectivity index (χ3n) is 7.13. The Morgan fingerprint density at radius 3 is 2.32 bits per heavy atom. The van der Waals surface area contributed by atoms with Gasteiger partial charge in [-0.25, -0.2) is 5.01 Å². The number of aliphatic hydroxyl groups is 1. The molecule has 4 aromatic rings. The Morgan fingerprint density at radius 2 is 1.68 bits per heavy atom. The molecule has 1 fully saturated rings. The number of rotatable bonds is 9. The molecule has 1 saturated heterocycles. The smallest absolute Gasteiger partial charge is 0.240 e. The molecule has 6 heteroatoms. The minimum absolute atomic E-state index is 0.0769. The van der Waals surface area contributed by atoms with Crippen LogP contribution in [0.3, 0.4) is 0 Å². The van der Waals surface area contributed by atoms with E-state index in [1.54, 1.807) is 13.3 Å². The van der Waals surface area contributed by atoms with Crippen molar-refractivity contribution in [1.29, 1.82) is 0 Å². The zero-order valence-corrected chi connectivity index (χ0v) is 21.2. The molecule has 1 aromatic heterocycles. The molecule has 3 aromatic carbocycles. The van der Waals surface area contributed by atoms with Crippen LogP contribution in [0.5, 0.6) is 5.75 Å². The maximum atomic E-state index is 13.8. The van der Waals surface area contributed by atoms with Crippen LogP contribution in [0.25, 0.3) is 10.9 Å². The van der Waals surface area contributed by atoms with E-state index < -0.39 is 6.10 Å². The molecular formula is C31H33N3O3. The number of benzene rings is 3. The molecule has 0 saturated carbocycles. The first-order chi connectivity index (χ1) is 18.1. The van der Waals surface area contributed by atoms with Gasteiger partial charge in [-0.15, -0.1) is 0 Å². The summed E-state index contributed by atoms with van der Waals surface area (Å²) in [7, 11) is 1.62. The molecule has 1 aliphatic heterocycles. The van der Waals surface area contributed by atoms with Gasteiger partial charge in [-0.1, -0.05) is 60.7 Å². The highest BCUT2D eigenvalue weighted by atomic mass is 16.5. The average molecular weight is 496 g/mol. The molecule has 0 aliphatic carbocycles. The Labute approximate surface area is 218 Å². The standard InChI is InChI=1S/C31H33N3O3/c1-37-26-14-15-29-28(20-26)27(16-17-32-29)30(35)19-25-13-8-18-34(31(25)36)33(21-23-9-4-2-5-10-23)22-24-11-6-3-7-12-24/h2-7,9-12,14-17,20,25,30,35H,8,13,18-19,21-22H2,1H3/t25?,30-/m1/s1. The fourth-order valence-corrected chi connectivity index (χ4v) is 5.21. The SMILES string of the molecule is COc1ccc2nccc([C@H](O)CC3CCCN(N(Cc4ccccc4)Cc4ccccc4)C3=O)c2c1. The van der Waals surface area contributed by atoms with Crippen molar-refractivity contribution < 1.29 is 14.6 Å². The molecule has 37 heavy (non-hydrogen) atoms. The maximum absolute atomic E-state index is 13.8. The van der Waals surface area contributed by atoms with E-state index in [9.17, 15) is 9.90 Å². The highest BCUT2D eigenvalue weighted by Gasteiger charge is 2.34. The van der Waals surface area contributed by atoms with E-state index in [0.29, 0.717) is 31.8 Å². The molecule has 5 rings (SSSR count). The maximum Gasteiger partial charge on any atom is 0.240 e. The largest absolute Gasteiger partial charge is 0.497 e. The lowest BCUT2D eigenvalue weighted by atomic mass is 9.89. The summed E-state index contributed by atoms with van der Waals surface area (Å²) in [5, 5.41) is 16.2. The molecule has 1 aliphatic rings. The topological polar surface area (TPSA) is 65.9 Å². The van der Waals surface area contributed by atoms with E-state index in [-0.39, 0.29) is 11.8 Å². The zero-order chi connectivity index (χ0) is 25.6. The number of hydrogen-bond donors (Lipinski definition) is 1. The lowest BCUT2D eigenvalue weighted by molar-refractivity contribution is -0.162. The quantitative estimate of drug-likeness (QED) is 0.331. The predicted molar refractivity (Wildman–Crippen MR) is 144 cm³/mol. The van der Waals surface area contributed by atoms with E-state index in [2.05, 4.69) is 34.3 Å². The highest BCUT2D eigenvalue weighted by molar-refractivity contribution is 5.84. The summed E-state index contributed by atoms with van der Waals surface area (Å²) in [6.45, 7) is 1.97. The van der Waals surface area contributed by atoms with Crippen LogP contribution in [0, 0.1) is 5.92 Å².